The highest BCUT2D eigenvalue weighted by Gasteiger charge is 2.45. The molecule has 4 rings (SSSR count). The lowest BCUT2D eigenvalue weighted by Crippen LogP contribution is -2.29. The molecule has 13 heteroatoms. The van der Waals surface area contributed by atoms with Crippen molar-refractivity contribution in [2.75, 3.05) is 18.6 Å². The molecule has 0 fully saturated rings. The second kappa shape index (κ2) is 8.56. The van der Waals surface area contributed by atoms with Crippen LogP contribution in [0.2, 0.25) is 5.02 Å². The third-order valence-electron chi connectivity index (χ3n) is 5.36. The zero-order valence-corrected chi connectivity index (χ0v) is 18.5. The summed E-state index contributed by atoms with van der Waals surface area (Å²) in [7, 11) is 1.46. The zero-order chi connectivity index (χ0) is 24.1. The number of imidazole rings is 1. The number of hydrogen-bond donors (Lipinski definition) is 0. The van der Waals surface area contributed by atoms with Gasteiger partial charge < -0.3 is 18.9 Å². The number of alkyl halides is 5. The Morgan fingerprint density at radius 2 is 1.73 bits per heavy atom. The Bertz CT molecular complexity index is 1180. The summed E-state index contributed by atoms with van der Waals surface area (Å²) >= 11 is 6.28. The molecule has 0 aliphatic carbocycles. The molecule has 1 aromatic carbocycles. The van der Waals surface area contributed by atoms with Crippen LogP contribution in [0.25, 0.3) is 11.0 Å². The van der Waals surface area contributed by atoms with E-state index >= 15 is 0 Å². The first-order chi connectivity index (χ1) is 15.5. The Kier molecular flexibility index (Phi) is 6.08. The van der Waals surface area contributed by atoms with Crippen LogP contribution in [0.1, 0.15) is 29.5 Å². The number of nitrogens with zero attached hydrogens (tertiary/aromatic N) is 5. The standard InChI is InChI=1S/C20H19ClF5N5O2/c1-9-15(10(2)28-18(27-9)32-3)31-8-4-7-30-12-6-5-11(13(21)14(12)29-19(30)31)16(20(24,25)26)33-17(22)23/h5-6,16-17H,4,7-8H2,1-3H3. The molecule has 0 radical (unpaired) electrons. The van der Waals surface area contributed by atoms with Gasteiger partial charge in [-0.25, -0.2) is 4.98 Å². The largest absolute Gasteiger partial charge is 0.467 e. The number of fused-ring (bicyclic) bond motifs is 3. The van der Waals surface area contributed by atoms with E-state index in [0.29, 0.717) is 48.1 Å². The van der Waals surface area contributed by atoms with Crippen molar-refractivity contribution >= 4 is 34.3 Å². The molecule has 33 heavy (non-hydrogen) atoms. The number of ether oxygens (including phenoxy) is 2. The monoisotopic (exact) mass is 491 g/mol. The number of halogens is 6. The summed E-state index contributed by atoms with van der Waals surface area (Å²) in [6.07, 6.45) is -7.26. The zero-order valence-electron chi connectivity index (χ0n) is 17.8. The molecule has 1 aliphatic heterocycles. The smallest absolute Gasteiger partial charge is 0.419 e. The Morgan fingerprint density at radius 1 is 1.06 bits per heavy atom. The average Bonchev–Trinajstić information content (AvgIpc) is 3.11. The molecule has 178 valence electrons. The van der Waals surface area contributed by atoms with Crippen molar-refractivity contribution in [3.63, 3.8) is 0 Å². The van der Waals surface area contributed by atoms with Gasteiger partial charge in [0.25, 0.3) is 0 Å². The Morgan fingerprint density at radius 3 is 2.30 bits per heavy atom. The summed E-state index contributed by atoms with van der Waals surface area (Å²) in [4.78, 5) is 15.0. The predicted octanol–water partition coefficient (Wildman–Crippen LogP) is 5.49. The van der Waals surface area contributed by atoms with Gasteiger partial charge in [-0.2, -0.15) is 31.9 Å². The number of anilines is 2. The van der Waals surface area contributed by atoms with E-state index in [-0.39, 0.29) is 11.5 Å². The minimum Gasteiger partial charge on any atom is -0.467 e. The highest BCUT2D eigenvalue weighted by molar-refractivity contribution is 6.36. The van der Waals surface area contributed by atoms with Crippen molar-refractivity contribution < 1.29 is 31.4 Å². The van der Waals surface area contributed by atoms with Crippen molar-refractivity contribution in [1.82, 2.24) is 19.5 Å². The Balaban J connectivity index is 1.86. The third-order valence-corrected chi connectivity index (χ3v) is 5.75. The fourth-order valence-electron chi connectivity index (χ4n) is 4.08. The van der Waals surface area contributed by atoms with Crippen LogP contribution in [0.5, 0.6) is 6.01 Å². The van der Waals surface area contributed by atoms with E-state index in [1.165, 1.54) is 13.2 Å². The lowest BCUT2D eigenvalue weighted by Gasteiger charge is -2.30. The normalized spacial score (nSPS) is 15.3. The van der Waals surface area contributed by atoms with Crippen LogP contribution < -0.4 is 9.64 Å². The molecule has 1 atom stereocenters. The van der Waals surface area contributed by atoms with E-state index in [0.717, 1.165) is 6.07 Å². The lowest BCUT2D eigenvalue weighted by atomic mass is 10.1. The van der Waals surface area contributed by atoms with Gasteiger partial charge in [0.1, 0.15) is 5.52 Å². The molecule has 0 saturated heterocycles. The van der Waals surface area contributed by atoms with E-state index in [2.05, 4.69) is 19.7 Å². The molecule has 3 heterocycles. The van der Waals surface area contributed by atoms with Gasteiger partial charge in [-0.05, 0) is 26.3 Å². The van der Waals surface area contributed by atoms with Crippen LogP contribution in [-0.4, -0.2) is 46.0 Å². The van der Waals surface area contributed by atoms with Gasteiger partial charge in [0, 0.05) is 18.7 Å². The second-order valence-corrected chi connectivity index (χ2v) is 7.83. The number of methoxy groups -OCH3 is 1. The predicted molar refractivity (Wildman–Crippen MR) is 110 cm³/mol. The lowest BCUT2D eigenvalue weighted by molar-refractivity contribution is -0.277. The summed E-state index contributed by atoms with van der Waals surface area (Å²) in [5.41, 5.74) is 1.87. The van der Waals surface area contributed by atoms with Crippen LogP contribution in [-0.2, 0) is 11.3 Å². The van der Waals surface area contributed by atoms with Crippen LogP contribution in [0.4, 0.5) is 33.6 Å². The molecule has 0 spiro atoms. The maximum Gasteiger partial charge on any atom is 0.419 e. The summed E-state index contributed by atoms with van der Waals surface area (Å²) in [6.45, 7) is 1.05. The fourth-order valence-corrected chi connectivity index (χ4v) is 4.38. The number of aromatic nitrogens is 4. The van der Waals surface area contributed by atoms with Crippen LogP contribution >= 0.6 is 11.6 Å². The summed E-state index contributed by atoms with van der Waals surface area (Å²) < 4.78 is 76.5. The van der Waals surface area contributed by atoms with Crippen LogP contribution in [0, 0.1) is 13.8 Å². The fraction of sp³-hybridized carbons (Fsp3) is 0.450. The van der Waals surface area contributed by atoms with E-state index in [1.54, 1.807) is 13.8 Å². The van der Waals surface area contributed by atoms with Gasteiger partial charge in [0.2, 0.25) is 5.95 Å². The highest BCUT2D eigenvalue weighted by Crippen LogP contribution is 2.44. The number of benzene rings is 1. The molecular weight excluding hydrogens is 473 g/mol. The SMILES string of the molecule is COc1nc(C)c(N2CCCn3c2nc2c(Cl)c(C(OC(F)F)C(F)(F)F)ccc23)c(C)n1. The van der Waals surface area contributed by atoms with Crippen molar-refractivity contribution in [1.29, 1.82) is 0 Å². The van der Waals surface area contributed by atoms with Gasteiger partial charge in [-0.3, -0.25) is 0 Å². The van der Waals surface area contributed by atoms with Crippen LogP contribution in [0.3, 0.4) is 0 Å². The first kappa shape index (κ1) is 23.4. The van der Waals surface area contributed by atoms with Gasteiger partial charge >= 0.3 is 18.8 Å². The topological polar surface area (TPSA) is 65.3 Å². The van der Waals surface area contributed by atoms with Crippen molar-refractivity contribution in [2.45, 2.75) is 45.7 Å². The molecule has 3 aromatic rings. The highest BCUT2D eigenvalue weighted by atomic mass is 35.5. The Labute approximate surface area is 190 Å². The number of hydrogen-bond acceptors (Lipinski definition) is 6. The van der Waals surface area contributed by atoms with Gasteiger partial charge in [0.15, 0.2) is 6.10 Å². The molecule has 0 bridgehead atoms. The van der Waals surface area contributed by atoms with Crippen molar-refractivity contribution in [2.24, 2.45) is 0 Å². The molecule has 0 saturated carbocycles. The molecule has 1 aliphatic rings. The van der Waals surface area contributed by atoms with Gasteiger partial charge in [-0.1, -0.05) is 17.7 Å². The minimum atomic E-state index is -5.09. The molecule has 1 unspecified atom stereocenters. The van der Waals surface area contributed by atoms with E-state index in [4.69, 9.17) is 16.3 Å². The molecule has 0 amide bonds. The quantitative estimate of drug-likeness (QED) is 0.440. The Hall–Kier alpha value is -2.73. The molecule has 7 nitrogen and oxygen atoms in total. The number of rotatable bonds is 5. The summed E-state index contributed by atoms with van der Waals surface area (Å²) in [6, 6.07) is 2.64. The average molecular weight is 492 g/mol. The van der Waals surface area contributed by atoms with Crippen molar-refractivity contribution in [3.8, 4) is 6.01 Å². The first-order valence-electron chi connectivity index (χ1n) is 9.88. The second-order valence-electron chi connectivity index (χ2n) is 7.45. The molecular formula is C20H19ClF5N5O2. The third kappa shape index (κ3) is 4.17. The van der Waals surface area contributed by atoms with Gasteiger partial charge in [0.05, 0.1) is 34.7 Å². The number of aryl methyl sites for hydroxylation is 3. The van der Waals surface area contributed by atoms with Crippen molar-refractivity contribution in [3.05, 3.63) is 34.1 Å². The summed E-state index contributed by atoms with van der Waals surface area (Å²) in [5, 5.41) is -0.392. The minimum absolute atomic E-state index is 0.0629. The van der Waals surface area contributed by atoms with E-state index in [1.807, 2.05) is 9.47 Å². The van der Waals surface area contributed by atoms with Crippen LogP contribution in [0.15, 0.2) is 12.1 Å². The van der Waals surface area contributed by atoms with E-state index in [9.17, 15) is 22.0 Å². The van der Waals surface area contributed by atoms with Gasteiger partial charge in [-0.15, -0.1) is 0 Å². The summed E-state index contributed by atoms with van der Waals surface area (Å²) in [5.74, 6) is 0.439. The maximum atomic E-state index is 13.4. The molecule has 0 N–H and O–H groups in total. The van der Waals surface area contributed by atoms with E-state index < -0.39 is 29.5 Å². The maximum absolute atomic E-state index is 13.4. The molecule has 2 aromatic heterocycles. The first-order valence-corrected chi connectivity index (χ1v) is 10.3.